The minimum atomic E-state index is -0.0649. The number of anilines is 3. The Balaban J connectivity index is 1.42. The Labute approximate surface area is 154 Å². The molecule has 2 N–H and O–H groups in total. The van der Waals surface area contributed by atoms with Gasteiger partial charge in [0.25, 0.3) is 0 Å². The van der Waals surface area contributed by atoms with Gasteiger partial charge in [0.2, 0.25) is 5.91 Å². The van der Waals surface area contributed by atoms with Crippen molar-refractivity contribution in [3.05, 3.63) is 48.2 Å². The molecule has 0 aliphatic carbocycles. The molecule has 26 heavy (non-hydrogen) atoms. The molecular weight excluding hydrogens is 326 g/mol. The van der Waals surface area contributed by atoms with Crippen molar-refractivity contribution >= 4 is 23.1 Å². The number of hydrogen-bond acceptors (Lipinski definition) is 5. The Morgan fingerprint density at radius 1 is 1.19 bits per heavy atom. The molecule has 3 heterocycles. The molecule has 0 radical (unpaired) electrons. The number of nitrogens with zero attached hydrogens (tertiary/aromatic N) is 3. The molecule has 0 bridgehead atoms. The van der Waals surface area contributed by atoms with Crippen molar-refractivity contribution in [3.8, 4) is 0 Å². The molecule has 2 aromatic rings. The van der Waals surface area contributed by atoms with Crippen molar-refractivity contribution in [2.45, 2.75) is 12.8 Å². The highest BCUT2D eigenvalue weighted by atomic mass is 16.2. The lowest BCUT2D eigenvalue weighted by Gasteiger charge is -2.37. The number of carbonyl (C=O) groups excluding carboxylic acids is 1. The van der Waals surface area contributed by atoms with Gasteiger partial charge >= 0.3 is 0 Å². The number of pyridine rings is 1. The van der Waals surface area contributed by atoms with Crippen LogP contribution in [0.4, 0.5) is 17.2 Å². The first-order valence-corrected chi connectivity index (χ1v) is 9.33. The molecule has 4 rings (SSSR count). The second-order valence-corrected chi connectivity index (χ2v) is 6.74. The van der Waals surface area contributed by atoms with Crippen LogP contribution in [-0.2, 0) is 4.79 Å². The van der Waals surface area contributed by atoms with E-state index in [0.717, 1.165) is 55.5 Å². The van der Waals surface area contributed by atoms with Crippen molar-refractivity contribution in [2.24, 2.45) is 0 Å². The SMILES string of the molecule is CCNc1cccnc1N1CCN(C(=O)C2CNc3ccccc32)CC1. The minimum absolute atomic E-state index is 0.0649. The van der Waals surface area contributed by atoms with Gasteiger partial charge in [0, 0.05) is 51.2 Å². The first kappa shape index (κ1) is 16.7. The second-order valence-electron chi connectivity index (χ2n) is 6.74. The molecule has 6 heteroatoms. The van der Waals surface area contributed by atoms with Gasteiger partial charge in [0.05, 0.1) is 11.6 Å². The van der Waals surface area contributed by atoms with Crippen LogP contribution in [0.5, 0.6) is 0 Å². The highest BCUT2D eigenvalue weighted by Crippen LogP contribution is 2.33. The van der Waals surface area contributed by atoms with E-state index in [1.165, 1.54) is 0 Å². The number of para-hydroxylation sites is 1. The van der Waals surface area contributed by atoms with Crippen LogP contribution in [0.1, 0.15) is 18.4 Å². The number of benzene rings is 1. The molecule has 1 aromatic carbocycles. The summed E-state index contributed by atoms with van der Waals surface area (Å²) in [6.45, 7) is 6.74. The molecule has 2 aliphatic heterocycles. The average molecular weight is 351 g/mol. The Hall–Kier alpha value is -2.76. The van der Waals surface area contributed by atoms with E-state index in [9.17, 15) is 4.79 Å². The maximum absolute atomic E-state index is 13.0. The van der Waals surface area contributed by atoms with Crippen molar-refractivity contribution in [1.82, 2.24) is 9.88 Å². The molecule has 0 spiro atoms. The van der Waals surface area contributed by atoms with E-state index < -0.39 is 0 Å². The van der Waals surface area contributed by atoms with Crippen molar-refractivity contribution in [1.29, 1.82) is 0 Å². The molecule has 0 saturated carbocycles. The van der Waals surface area contributed by atoms with E-state index in [2.05, 4.69) is 39.6 Å². The fourth-order valence-corrected chi connectivity index (χ4v) is 3.84. The zero-order valence-electron chi connectivity index (χ0n) is 15.1. The van der Waals surface area contributed by atoms with Gasteiger partial charge in [-0.1, -0.05) is 18.2 Å². The van der Waals surface area contributed by atoms with Gasteiger partial charge in [-0.15, -0.1) is 0 Å². The van der Waals surface area contributed by atoms with Crippen LogP contribution in [0.2, 0.25) is 0 Å². The summed E-state index contributed by atoms with van der Waals surface area (Å²) in [7, 11) is 0. The van der Waals surface area contributed by atoms with E-state index in [1.54, 1.807) is 0 Å². The van der Waals surface area contributed by atoms with Crippen LogP contribution in [0.25, 0.3) is 0 Å². The lowest BCUT2D eigenvalue weighted by Crippen LogP contribution is -2.50. The van der Waals surface area contributed by atoms with E-state index in [0.29, 0.717) is 6.54 Å². The fourth-order valence-electron chi connectivity index (χ4n) is 3.84. The lowest BCUT2D eigenvalue weighted by atomic mass is 9.99. The topological polar surface area (TPSA) is 60.5 Å². The van der Waals surface area contributed by atoms with Crippen molar-refractivity contribution in [2.75, 3.05) is 54.8 Å². The predicted octanol–water partition coefficient (Wildman–Crippen LogP) is 2.37. The van der Waals surface area contributed by atoms with Crippen LogP contribution in [0.3, 0.4) is 0 Å². The van der Waals surface area contributed by atoms with E-state index in [4.69, 9.17) is 0 Å². The molecule has 1 fully saturated rings. The van der Waals surface area contributed by atoms with Crippen LogP contribution in [0.15, 0.2) is 42.6 Å². The molecular formula is C20H25N5O. The normalized spacial score (nSPS) is 19.0. The smallest absolute Gasteiger partial charge is 0.232 e. The summed E-state index contributed by atoms with van der Waals surface area (Å²) in [6.07, 6.45) is 1.83. The predicted molar refractivity (Wildman–Crippen MR) is 105 cm³/mol. The summed E-state index contributed by atoms with van der Waals surface area (Å²) in [5, 5.41) is 6.72. The molecule has 6 nitrogen and oxygen atoms in total. The fraction of sp³-hybridized carbons (Fsp3) is 0.400. The Kier molecular flexibility index (Phi) is 4.65. The zero-order chi connectivity index (χ0) is 17.9. The number of hydrogen-bond donors (Lipinski definition) is 2. The number of amides is 1. The molecule has 136 valence electrons. The van der Waals surface area contributed by atoms with Gasteiger partial charge in [-0.05, 0) is 30.7 Å². The first-order chi connectivity index (χ1) is 12.8. The maximum atomic E-state index is 13.0. The molecule has 1 atom stereocenters. The van der Waals surface area contributed by atoms with Crippen LogP contribution < -0.4 is 15.5 Å². The molecule has 1 aromatic heterocycles. The second kappa shape index (κ2) is 7.23. The number of carbonyl (C=O) groups is 1. The third kappa shape index (κ3) is 3.07. The summed E-state index contributed by atoms with van der Waals surface area (Å²) in [4.78, 5) is 21.8. The Bertz CT molecular complexity index is 785. The quantitative estimate of drug-likeness (QED) is 0.886. The van der Waals surface area contributed by atoms with Crippen LogP contribution >= 0.6 is 0 Å². The van der Waals surface area contributed by atoms with Gasteiger partial charge in [0.15, 0.2) is 5.82 Å². The number of fused-ring (bicyclic) bond motifs is 1. The van der Waals surface area contributed by atoms with Gasteiger partial charge in [-0.2, -0.15) is 0 Å². The largest absolute Gasteiger partial charge is 0.384 e. The van der Waals surface area contributed by atoms with Gasteiger partial charge in [-0.3, -0.25) is 4.79 Å². The summed E-state index contributed by atoms with van der Waals surface area (Å²) in [6, 6.07) is 12.1. The maximum Gasteiger partial charge on any atom is 0.232 e. The van der Waals surface area contributed by atoms with E-state index in [-0.39, 0.29) is 11.8 Å². The number of piperazine rings is 1. The lowest BCUT2D eigenvalue weighted by molar-refractivity contribution is -0.132. The highest BCUT2D eigenvalue weighted by Gasteiger charge is 2.33. The number of nitrogens with one attached hydrogen (secondary N) is 2. The molecule has 2 aliphatic rings. The summed E-state index contributed by atoms with van der Waals surface area (Å²) in [5.41, 5.74) is 3.27. The summed E-state index contributed by atoms with van der Waals surface area (Å²) < 4.78 is 0. The van der Waals surface area contributed by atoms with Crippen molar-refractivity contribution < 1.29 is 4.79 Å². The first-order valence-electron chi connectivity index (χ1n) is 9.33. The summed E-state index contributed by atoms with van der Waals surface area (Å²) >= 11 is 0. The molecule has 1 saturated heterocycles. The Morgan fingerprint density at radius 3 is 2.81 bits per heavy atom. The minimum Gasteiger partial charge on any atom is -0.384 e. The van der Waals surface area contributed by atoms with Crippen LogP contribution in [0, 0.1) is 0 Å². The van der Waals surface area contributed by atoms with Gasteiger partial charge < -0.3 is 20.4 Å². The third-order valence-corrected chi connectivity index (χ3v) is 5.18. The van der Waals surface area contributed by atoms with E-state index >= 15 is 0 Å². The molecule has 1 amide bonds. The van der Waals surface area contributed by atoms with E-state index in [1.807, 2.05) is 35.4 Å². The monoisotopic (exact) mass is 351 g/mol. The third-order valence-electron chi connectivity index (χ3n) is 5.18. The average Bonchev–Trinajstić information content (AvgIpc) is 3.12. The van der Waals surface area contributed by atoms with Gasteiger partial charge in [-0.25, -0.2) is 4.98 Å². The summed E-state index contributed by atoms with van der Waals surface area (Å²) in [5.74, 6) is 1.15. The van der Waals surface area contributed by atoms with Crippen molar-refractivity contribution in [3.63, 3.8) is 0 Å². The van der Waals surface area contributed by atoms with Gasteiger partial charge in [0.1, 0.15) is 0 Å². The number of rotatable bonds is 4. The van der Waals surface area contributed by atoms with Crippen LogP contribution in [-0.4, -0.2) is 55.1 Å². The standard InChI is InChI=1S/C20H25N5O/c1-2-21-18-8-5-9-22-19(18)24-10-12-25(13-11-24)20(26)16-14-23-17-7-4-3-6-15(16)17/h3-9,16,21,23H,2,10-14H2,1H3. The number of aromatic nitrogens is 1. The highest BCUT2D eigenvalue weighted by molar-refractivity contribution is 5.88. The zero-order valence-corrected chi connectivity index (χ0v) is 15.1. The Morgan fingerprint density at radius 2 is 2.00 bits per heavy atom. The molecule has 1 unspecified atom stereocenters.